The molecule has 5 heteroatoms. The Morgan fingerprint density at radius 1 is 0.741 bits per heavy atom. The molecule has 4 rings (SSSR count). The second-order valence-corrected chi connectivity index (χ2v) is 7.09. The Morgan fingerprint density at radius 2 is 1.33 bits per heavy atom. The number of alkyl halides is 3. The molecule has 27 heavy (non-hydrogen) atoms. The molecule has 0 atom stereocenters. The third kappa shape index (κ3) is 3.15. The number of hydrogen-bond acceptors (Lipinski definition) is 2. The lowest BCUT2D eigenvalue weighted by molar-refractivity contribution is -0.0882. The van der Waals surface area contributed by atoms with Crippen LogP contribution in [-0.2, 0) is 0 Å². The summed E-state index contributed by atoms with van der Waals surface area (Å²) in [6.45, 7) is 0. The minimum absolute atomic E-state index is 0.271. The van der Waals surface area contributed by atoms with Gasteiger partial charge in [0.05, 0.1) is 4.88 Å². The van der Waals surface area contributed by atoms with Crippen LogP contribution in [0.25, 0.3) is 32.3 Å². The number of ketones is 1. The summed E-state index contributed by atoms with van der Waals surface area (Å²) in [4.78, 5) is 11.9. The Balaban J connectivity index is 2.05. The molecule has 1 aromatic heterocycles. The van der Waals surface area contributed by atoms with E-state index in [2.05, 4.69) is 0 Å². The molecule has 0 fully saturated rings. The van der Waals surface area contributed by atoms with Gasteiger partial charge in [0.2, 0.25) is 0 Å². The van der Waals surface area contributed by atoms with Crippen molar-refractivity contribution in [3.63, 3.8) is 0 Å². The van der Waals surface area contributed by atoms with Gasteiger partial charge in [0.1, 0.15) is 0 Å². The third-order valence-corrected chi connectivity index (χ3v) is 5.51. The van der Waals surface area contributed by atoms with Gasteiger partial charge in [0.25, 0.3) is 5.78 Å². The van der Waals surface area contributed by atoms with Crippen LogP contribution in [0.2, 0.25) is 0 Å². The summed E-state index contributed by atoms with van der Waals surface area (Å²) < 4.78 is 40.4. The van der Waals surface area contributed by atoms with E-state index in [1.165, 1.54) is 0 Å². The highest BCUT2D eigenvalue weighted by molar-refractivity contribution is 7.21. The van der Waals surface area contributed by atoms with E-state index in [4.69, 9.17) is 0 Å². The van der Waals surface area contributed by atoms with Crippen molar-refractivity contribution in [1.82, 2.24) is 0 Å². The van der Waals surface area contributed by atoms with Gasteiger partial charge in [0.15, 0.2) is 0 Å². The fourth-order valence-electron chi connectivity index (χ4n) is 3.17. The largest absolute Gasteiger partial charge is 0.455 e. The Hall–Kier alpha value is -2.92. The average Bonchev–Trinajstić information content (AvgIpc) is 3.06. The van der Waals surface area contributed by atoms with E-state index in [9.17, 15) is 18.0 Å². The molecule has 0 aliphatic heterocycles. The van der Waals surface area contributed by atoms with Gasteiger partial charge in [-0.25, -0.2) is 0 Å². The lowest BCUT2D eigenvalue weighted by Crippen LogP contribution is -2.22. The number of Topliss-reactive ketones (excluding diaryl/α,β-unsaturated/α-hetero) is 1. The second kappa shape index (κ2) is 6.67. The first-order valence-corrected chi connectivity index (χ1v) is 9.06. The molecule has 0 aliphatic carbocycles. The van der Waals surface area contributed by atoms with Crippen LogP contribution in [-0.4, -0.2) is 12.0 Å². The SMILES string of the molecule is O=C(c1sc2ccccc2c1-c1ccccc1-c1ccccc1)C(F)(F)F. The average molecular weight is 382 g/mol. The van der Waals surface area contributed by atoms with Crippen molar-refractivity contribution >= 4 is 27.2 Å². The highest BCUT2D eigenvalue weighted by atomic mass is 32.1. The van der Waals surface area contributed by atoms with Crippen LogP contribution < -0.4 is 0 Å². The molecule has 4 aromatic rings. The summed E-state index contributed by atoms with van der Waals surface area (Å²) in [5.74, 6) is -1.80. The lowest BCUT2D eigenvalue weighted by atomic mass is 9.92. The monoisotopic (exact) mass is 382 g/mol. The number of thiophene rings is 1. The highest BCUT2D eigenvalue weighted by Crippen LogP contribution is 2.44. The molecule has 0 saturated heterocycles. The van der Waals surface area contributed by atoms with Crippen LogP contribution >= 0.6 is 11.3 Å². The van der Waals surface area contributed by atoms with E-state index in [0.717, 1.165) is 22.5 Å². The molecular formula is C22H13F3OS. The van der Waals surface area contributed by atoms with E-state index in [1.54, 1.807) is 36.4 Å². The van der Waals surface area contributed by atoms with E-state index in [0.29, 0.717) is 21.2 Å². The fourth-order valence-corrected chi connectivity index (χ4v) is 4.35. The van der Waals surface area contributed by atoms with Crippen LogP contribution in [0.3, 0.4) is 0 Å². The molecule has 134 valence electrons. The van der Waals surface area contributed by atoms with E-state index in [1.807, 2.05) is 42.5 Å². The topological polar surface area (TPSA) is 17.1 Å². The number of carbonyl (C=O) groups excluding carboxylic acids is 1. The zero-order valence-electron chi connectivity index (χ0n) is 14.0. The summed E-state index contributed by atoms with van der Waals surface area (Å²) in [5, 5.41) is 0.651. The van der Waals surface area contributed by atoms with E-state index in [-0.39, 0.29) is 4.88 Å². The number of halogens is 3. The van der Waals surface area contributed by atoms with Gasteiger partial charge in [-0.1, -0.05) is 72.8 Å². The molecule has 1 nitrogen and oxygen atoms in total. The van der Waals surface area contributed by atoms with Gasteiger partial charge in [-0.3, -0.25) is 4.79 Å². The van der Waals surface area contributed by atoms with E-state index >= 15 is 0 Å². The van der Waals surface area contributed by atoms with Crippen LogP contribution in [0.15, 0.2) is 78.9 Å². The normalized spacial score (nSPS) is 11.7. The fraction of sp³-hybridized carbons (Fsp3) is 0.0455. The molecule has 0 radical (unpaired) electrons. The Bertz CT molecular complexity index is 1130. The highest BCUT2D eigenvalue weighted by Gasteiger charge is 2.42. The molecule has 0 bridgehead atoms. The van der Waals surface area contributed by atoms with E-state index < -0.39 is 12.0 Å². The first-order valence-electron chi connectivity index (χ1n) is 8.24. The van der Waals surface area contributed by atoms with Gasteiger partial charge in [-0.2, -0.15) is 13.2 Å². The first-order chi connectivity index (χ1) is 13.0. The molecule has 0 N–H and O–H groups in total. The van der Waals surface area contributed by atoms with Crippen LogP contribution in [0, 0.1) is 0 Å². The van der Waals surface area contributed by atoms with Gasteiger partial charge < -0.3 is 0 Å². The first kappa shape index (κ1) is 17.5. The predicted octanol–water partition coefficient (Wildman–Crippen LogP) is 6.98. The van der Waals surface area contributed by atoms with Gasteiger partial charge in [-0.15, -0.1) is 11.3 Å². The molecule has 0 unspecified atom stereocenters. The molecule has 0 spiro atoms. The zero-order valence-corrected chi connectivity index (χ0v) is 14.8. The second-order valence-electron chi connectivity index (χ2n) is 6.04. The third-order valence-electron chi connectivity index (χ3n) is 4.34. The minimum Gasteiger partial charge on any atom is -0.283 e. The Labute approximate surface area is 157 Å². The van der Waals surface area contributed by atoms with Crippen molar-refractivity contribution in [2.45, 2.75) is 6.18 Å². The zero-order chi connectivity index (χ0) is 19.0. The van der Waals surface area contributed by atoms with Crippen LogP contribution in [0.1, 0.15) is 9.67 Å². The lowest BCUT2D eigenvalue weighted by Gasteiger charge is -2.12. The van der Waals surface area contributed by atoms with Crippen LogP contribution in [0.4, 0.5) is 13.2 Å². The van der Waals surface area contributed by atoms with Gasteiger partial charge in [-0.05, 0) is 22.8 Å². The Kier molecular flexibility index (Phi) is 4.32. The predicted molar refractivity (Wildman–Crippen MR) is 103 cm³/mol. The maximum Gasteiger partial charge on any atom is 0.455 e. The molecule has 0 amide bonds. The smallest absolute Gasteiger partial charge is 0.283 e. The number of rotatable bonds is 3. The number of hydrogen-bond donors (Lipinski definition) is 0. The molecule has 3 aromatic carbocycles. The summed E-state index contributed by atoms with van der Waals surface area (Å²) in [6, 6.07) is 23.7. The summed E-state index contributed by atoms with van der Waals surface area (Å²) >= 11 is 0.888. The quantitative estimate of drug-likeness (QED) is 0.349. The summed E-state index contributed by atoms with van der Waals surface area (Å²) in [6.07, 6.45) is -4.92. The van der Waals surface area contributed by atoms with Crippen molar-refractivity contribution in [3.05, 3.63) is 83.7 Å². The van der Waals surface area contributed by atoms with Gasteiger partial charge in [0, 0.05) is 15.6 Å². The standard InChI is InChI=1S/C22H13F3OS/c23-22(24,25)21(26)20-19(17-12-6-7-13-18(17)27-20)16-11-5-4-10-15(16)14-8-2-1-3-9-14/h1-13H. The molecular weight excluding hydrogens is 369 g/mol. The van der Waals surface area contributed by atoms with Crippen molar-refractivity contribution in [3.8, 4) is 22.3 Å². The minimum atomic E-state index is -4.92. The molecule has 0 saturated carbocycles. The van der Waals surface area contributed by atoms with Crippen molar-refractivity contribution in [2.75, 3.05) is 0 Å². The van der Waals surface area contributed by atoms with Gasteiger partial charge >= 0.3 is 6.18 Å². The number of benzene rings is 3. The van der Waals surface area contributed by atoms with Crippen molar-refractivity contribution < 1.29 is 18.0 Å². The molecule has 0 aliphatic rings. The number of fused-ring (bicyclic) bond motifs is 1. The van der Waals surface area contributed by atoms with Crippen molar-refractivity contribution in [1.29, 1.82) is 0 Å². The Morgan fingerprint density at radius 3 is 2.04 bits per heavy atom. The molecule has 1 heterocycles. The number of carbonyl (C=O) groups is 1. The van der Waals surface area contributed by atoms with Crippen LogP contribution in [0.5, 0.6) is 0 Å². The van der Waals surface area contributed by atoms with Crippen molar-refractivity contribution in [2.24, 2.45) is 0 Å². The summed E-state index contributed by atoms with van der Waals surface area (Å²) in [7, 11) is 0. The summed E-state index contributed by atoms with van der Waals surface area (Å²) in [5.41, 5.74) is 2.64. The maximum absolute atomic E-state index is 13.2. The maximum atomic E-state index is 13.2.